The second kappa shape index (κ2) is 7.26. The Morgan fingerprint density at radius 1 is 1.48 bits per heavy atom. The summed E-state index contributed by atoms with van der Waals surface area (Å²) in [6.45, 7) is 3.54. The zero-order valence-electron chi connectivity index (χ0n) is 13.5. The Balaban J connectivity index is 2.66. The molecule has 3 N–H and O–H groups in total. The highest BCUT2D eigenvalue weighted by molar-refractivity contribution is 7.80. The summed E-state index contributed by atoms with van der Waals surface area (Å²) in [5, 5.41) is 25.9. The number of rotatable bonds is 4. The van der Waals surface area contributed by atoms with Crippen LogP contribution in [0.1, 0.15) is 25.5 Å². The normalized spacial score (nSPS) is 17.1. The number of hydrogen-bond donors (Lipinski definition) is 3. The van der Waals surface area contributed by atoms with E-state index in [0.29, 0.717) is 6.54 Å². The van der Waals surface area contributed by atoms with Crippen molar-refractivity contribution in [3.63, 3.8) is 0 Å². The number of non-ortho nitro benzene ring substituents is 1. The molecule has 1 aliphatic rings. The van der Waals surface area contributed by atoms with Gasteiger partial charge in [-0.2, -0.15) is 0 Å². The number of carbonyl (C=O) groups excluding carboxylic acids is 1. The molecule has 0 aliphatic carbocycles. The van der Waals surface area contributed by atoms with E-state index in [1.165, 1.54) is 31.2 Å². The van der Waals surface area contributed by atoms with Gasteiger partial charge in [-0.3, -0.25) is 15.0 Å². The number of carboxylic acids is 1. The fraction of sp³-hybridized carbons (Fsp3) is 0.267. The number of nitrogens with zero attached hydrogens (tertiary/aromatic N) is 2. The lowest BCUT2D eigenvalue weighted by atomic mass is 9.94. The predicted octanol–water partition coefficient (Wildman–Crippen LogP) is 1.91. The minimum Gasteiger partial charge on any atom is -0.478 e. The van der Waals surface area contributed by atoms with Crippen molar-refractivity contribution in [3.05, 3.63) is 51.2 Å². The second-order valence-corrected chi connectivity index (χ2v) is 5.62. The van der Waals surface area contributed by atoms with Crippen molar-refractivity contribution < 1.29 is 19.6 Å². The van der Waals surface area contributed by atoms with Gasteiger partial charge in [0.15, 0.2) is 5.11 Å². The first-order valence-corrected chi connectivity index (χ1v) is 7.75. The molecule has 0 saturated carbocycles. The van der Waals surface area contributed by atoms with Gasteiger partial charge in [-0.05, 0) is 31.6 Å². The van der Waals surface area contributed by atoms with Gasteiger partial charge in [-0.25, -0.2) is 9.59 Å². The summed E-state index contributed by atoms with van der Waals surface area (Å²) in [7, 11) is 0. The summed E-state index contributed by atoms with van der Waals surface area (Å²) in [6, 6.07) is 3.80. The van der Waals surface area contributed by atoms with Gasteiger partial charge in [0.05, 0.1) is 10.5 Å². The predicted molar refractivity (Wildman–Crippen MR) is 92.8 cm³/mol. The van der Waals surface area contributed by atoms with Crippen LogP contribution < -0.4 is 10.6 Å². The summed E-state index contributed by atoms with van der Waals surface area (Å²) >= 11 is 5.19. The molecule has 2 amide bonds. The van der Waals surface area contributed by atoms with Crippen molar-refractivity contribution in [2.45, 2.75) is 19.9 Å². The average molecular weight is 364 g/mol. The van der Waals surface area contributed by atoms with Crippen molar-refractivity contribution in [1.29, 1.82) is 0 Å². The van der Waals surface area contributed by atoms with E-state index in [1.807, 2.05) is 0 Å². The summed E-state index contributed by atoms with van der Waals surface area (Å²) < 4.78 is 0. The van der Waals surface area contributed by atoms with Crippen LogP contribution in [0.15, 0.2) is 35.5 Å². The molecule has 0 spiro atoms. The molecule has 132 valence electrons. The van der Waals surface area contributed by atoms with E-state index in [-0.39, 0.29) is 27.6 Å². The van der Waals surface area contributed by atoms with Gasteiger partial charge in [-0.15, -0.1) is 0 Å². The molecule has 1 atom stereocenters. The summed E-state index contributed by atoms with van der Waals surface area (Å²) in [4.78, 5) is 35.7. The number of aliphatic carboxylic acids is 1. The monoisotopic (exact) mass is 364 g/mol. The Morgan fingerprint density at radius 2 is 2.16 bits per heavy atom. The van der Waals surface area contributed by atoms with Crippen molar-refractivity contribution in [3.8, 4) is 0 Å². The van der Waals surface area contributed by atoms with E-state index in [9.17, 15) is 24.8 Å². The Bertz CT molecular complexity index is 792. The number of allylic oxidation sites excluding steroid dienone is 1. The number of carboxylic acid groups (broad SMARTS) is 1. The molecule has 0 fully saturated rings. The maximum absolute atomic E-state index is 12.4. The molecule has 0 radical (unpaired) electrons. The van der Waals surface area contributed by atoms with Gasteiger partial charge in [0, 0.05) is 24.4 Å². The maximum Gasteiger partial charge on any atom is 0.335 e. The lowest BCUT2D eigenvalue weighted by Gasteiger charge is -2.37. The van der Waals surface area contributed by atoms with Gasteiger partial charge < -0.3 is 15.7 Å². The van der Waals surface area contributed by atoms with Crippen LogP contribution in [-0.2, 0) is 4.79 Å². The molecule has 1 aliphatic heterocycles. The van der Waals surface area contributed by atoms with Crippen molar-refractivity contribution in [2.75, 3.05) is 6.54 Å². The number of hydrogen-bond acceptors (Lipinski definition) is 5. The standard InChI is InChI=1S/C15H16N4O5S/c1-3-16-14(22)18-12(9-5-4-6-10(7-9)19(23)24)11(13(20)21)8(2)17-15(18)25/h4-7,12H,3H2,1-2H3,(H,16,22)(H,17,25)(H,20,21). The third kappa shape index (κ3) is 3.58. The van der Waals surface area contributed by atoms with Crippen LogP contribution in [0.2, 0.25) is 0 Å². The number of nitro groups is 1. The van der Waals surface area contributed by atoms with Crippen LogP contribution in [0, 0.1) is 10.1 Å². The second-order valence-electron chi connectivity index (χ2n) is 5.23. The lowest BCUT2D eigenvalue weighted by molar-refractivity contribution is -0.384. The molecule has 0 saturated heterocycles. The first-order chi connectivity index (χ1) is 11.8. The van der Waals surface area contributed by atoms with Crippen LogP contribution in [0.3, 0.4) is 0 Å². The molecule has 10 heteroatoms. The fourth-order valence-corrected chi connectivity index (χ4v) is 2.93. The number of nitrogens with one attached hydrogen (secondary N) is 2. The highest BCUT2D eigenvalue weighted by Crippen LogP contribution is 2.35. The quantitative estimate of drug-likeness (QED) is 0.423. The minimum absolute atomic E-state index is 0.0185. The van der Waals surface area contributed by atoms with E-state index < -0.39 is 23.0 Å². The topological polar surface area (TPSA) is 125 Å². The smallest absolute Gasteiger partial charge is 0.335 e. The SMILES string of the molecule is CCNC(=O)N1C(=S)NC(C)=C(C(=O)O)C1c1cccc([N+](=O)[O-])c1. The molecule has 1 aromatic rings. The molecule has 0 aromatic heterocycles. The Morgan fingerprint density at radius 3 is 2.72 bits per heavy atom. The Kier molecular flexibility index (Phi) is 5.32. The molecule has 0 bridgehead atoms. The Labute approximate surface area is 148 Å². The third-order valence-corrected chi connectivity index (χ3v) is 3.92. The van der Waals surface area contributed by atoms with Crippen molar-refractivity contribution in [1.82, 2.24) is 15.5 Å². The number of urea groups is 1. The first-order valence-electron chi connectivity index (χ1n) is 7.34. The van der Waals surface area contributed by atoms with E-state index >= 15 is 0 Å². The van der Waals surface area contributed by atoms with Gasteiger partial charge >= 0.3 is 12.0 Å². The number of amides is 2. The average Bonchev–Trinajstić information content (AvgIpc) is 2.53. The van der Waals surface area contributed by atoms with Gasteiger partial charge in [0.25, 0.3) is 5.69 Å². The highest BCUT2D eigenvalue weighted by Gasteiger charge is 2.39. The van der Waals surface area contributed by atoms with Crippen LogP contribution in [0.5, 0.6) is 0 Å². The zero-order chi connectivity index (χ0) is 18.7. The van der Waals surface area contributed by atoms with Crippen molar-refractivity contribution in [2.24, 2.45) is 0 Å². The summed E-state index contributed by atoms with van der Waals surface area (Å²) in [5.41, 5.74) is 0.233. The third-order valence-electron chi connectivity index (χ3n) is 3.62. The summed E-state index contributed by atoms with van der Waals surface area (Å²) in [5.74, 6) is -1.25. The summed E-state index contributed by atoms with van der Waals surface area (Å²) in [6.07, 6.45) is 0. The highest BCUT2D eigenvalue weighted by atomic mass is 32.1. The molecule has 1 heterocycles. The van der Waals surface area contributed by atoms with Crippen LogP contribution in [0.4, 0.5) is 10.5 Å². The number of benzene rings is 1. The van der Waals surface area contributed by atoms with Crippen molar-refractivity contribution >= 4 is 35.0 Å². The number of nitro benzene ring substituents is 1. The molecule has 25 heavy (non-hydrogen) atoms. The number of thiocarbonyl (C=S) groups is 1. The van der Waals surface area contributed by atoms with Crippen LogP contribution in [0.25, 0.3) is 0 Å². The van der Waals surface area contributed by atoms with E-state index in [2.05, 4.69) is 10.6 Å². The molecule has 9 nitrogen and oxygen atoms in total. The lowest BCUT2D eigenvalue weighted by Crippen LogP contribution is -2.54. The maximum atomic E-state index is 12.4. The van der Waals surface area contributed by atoms with E-state index in [1.54, 1.807) is 6.92 Å². The van der Waals surface area contributed by atoms with Gasteiger partial charge in [0.1, 0.15) is 6.04 Å². The van der Waals surface area contributed by atoms with Gasteiger partial charge in [0.2, 0.25) is 0 Å². The molecule has 2 rings (SSSR count). The molecule has 1 aromatic carbocycles. The van der Waals surface area contributed by atoms with E-state index in [4.69, 9.17) is 12.2 Å². The van der Waals surface area contributed by atoms with Crippen LogP contribution >= 0.6 is 12.2 Å². The Hall–Kier alpha value is -3.01. The largest absolute Gasteiger partial charge is 0.478 e. The van der Waals surface area contributed by atoms with Gasteiger partial charge in [-0.1, -0.05) is 12.1 Å². The number of carbonyl (C=O) groups is 2. The first kappa shape index (κ1) is 18.3. The van der Waals surface area contributed by atoms with Crippen LogP contribution in [-0.4, -0.2) is 38.6 Å². The zero-order valence-corrected chi connectivity index (χ0v) is 14.3. The minimum atomic E-state index is -1.25. The fourth-order valence-electron chi connectivity index (χ4n) is 2.59. The van der Waals surface area contributed by atoms with E-state index in [0.717, 1.165) is 4.90 Å². The molecule has 1 unspecified atom stereocenters. The molecular weight excluding hydrogens is 348 g/mol. The molecular formula is C15H16N4O5S.